The maximum absolute atomic E-state index is 13.0. The summed E-state index contributed by atoms with van der Waals surface area (Å²) >= 11 is 0. The highest BCUT2D eigenvalue weighted by Crippen LogP contribution is 2.45. The van der Waals surface area contributed by atoms with Crippen LogP contribution in [0, 0.1) is 11.3 Å². The number of nitrogens with zero attached hydrogens (tertiary/aromatic N) is 2. The molecule has 2 fully saturated rings. The molecule has 2 aliphatic heterocycles. The van der Waals surface area contributed by atoms with Gasteiger partial charge in [0.25, 0.3) is 5.91 Å². The topological polar surface area (TPSA) is 23.6 Å². The van der Waals surface area contributed by atoms with Crippen molar-refractivity contribution in [3.63, 3.8) is 0 Å². The molecule has 1 aliphatic carbocycles. The number of allylic oxidation sites excluding steroid dienone is 1. The van der Waals surface area contributed by atoms with Gasteiger partial charge in [0, 0.05) is 17.2 Å². The minimum Gasteiger partial charge on any atom is -0.277 e. The lowest BCUT2D eigenvalue weighted by molar-refractivity contribution is -0.133. The van der Waals surface area contributed by atoms with Crippen LogP contribution >= 0.6 is 0 Å². The van der Waals surface area contributed by atoms with Crippen molar-refractivity contribution < 1.29 is 4.79 Å². The lowest BCUT2D eigenvalue weighted by Crippen LogP contribution is -2.43. The number of amides is 1. The highest BCUT2D eigenvalue weighted by atomic mass is 16.2. The zero-order chi connectivity index (χ0) is 15.3. The fraction of sp³-hybridized carbons (Fsp3) is 0.526. The number of carbonyl (C=O) groups excluding carboxylic acids is 1. The van der Waals surface area contributed by atoms with Crippen LogP contribution in [-0.2, 0) is 4.79 Å². The van der Waals surface area contributed by atoms with Crippen LogP contribution in [0.15, 0.2) is 30.0 Å². The summed E-state index contributed by atoms with van der Waals surface area (Å²) in [5, 5.41) is 4.21. The van der Waals surface area contributed by atoms with Gasteiger partial charge in [0.05, 0.1) is 17.6 Å². The average Bonchev–Trinajstić information content (AvgIpc) is 2.78. The van der Waals surface area contributed by atoms with Crippen LogP contribution in [0.25, 0.3) is 6.08 Å². The van der Waals surface area contributed by atoms with Gasteiger partial charge in [0.15, 0.2) is 0 Å². The van der Waals surface area contributed by atoms with Crippen molar-refractivity contribution in [1.82, 2.24) is 5.01 Å². The molecule has 0 atom stereocenters. The van der Waals surface area contributed by atoms with Crippen molar-refractivity contribution in [1.29, 1.82) is 0 Å². The van der Waals surface area contributed by atoms with Gasteiger partial charge in [-0.15, -0.1) is 0 Å². The van der Waals surface area contributed by atoms with Gasteiger partial charge in [-0.3, -0.25) is 9.80 Å². The van der Waals surface area contributed by atoms with Gasteiger partial charge in [-0.05, 0) is 38.8 Å². The van der Waals surface area contributed by atoms with E-state index in [0.29, 0.717) is 5.92 Å². The number of carbonyl (C=O) groups is 1. The van der Waals surface area contributed by atoms with Crippen LogP contribution in [0.1, 0.15) is 51.5 Å². The highest BCUT2D eigenvalue weighted by Gasteiger charge is 2.48. The summed E-state index contributed by atoms with van der Waals surface area (Å²) in [7, 11) is 0. The molecule has 0 bridgehead atoms. The second-order valence-electron chi connectivity index (χ2n) is 7.52. The molecule has 3 aliphatic rings. The van der Waals surface area contributed by atoms with Crippen LogP contribution in [0.4, 0.5) is 5.69 Å². The number of anilines is 1. The lowest BCUT2D eigenvalue weighted by Gasteiger charge is -2.40. The molecule has 1 aromatic carbocycles. The Bertz CT molecular complexity index is 641. The Kier molecular flexibility index (Phi) is 3.07. The average molecular weight is 296 g/mol. The Morgan fingerprint density at radius 2 is 1.82 bits per heavy atom. The normalized spacial score (nSPS) is 24.1. The summed E-state index contributed by atoms with van der Waals surface area (Å²) < 4.78 is 0. The van der Waals surface area contributed by atoms with Crippen LogP contribution in [0.5, 0.6) is 0 Å². The summed E-state index contributed by atoms with van der Waals surface area (Å²) in [6, 6.07) is 8.45. The smallest absolute Gasteiger partial charge is 0.253 e. The van der Waals surface area contributed by atoms with E-state index in [0.717, 1.165) is 6.54 Å². The van der Waals surface area contributed by atoms with Gasteiger partial charge >= 0.3 is 0 Å². The first-order valence-electron chi connectivity index (χ1n) is 8.50. The number of benzene rings is 1. The molecule has 4 rings (SSSR count). The molecular weight excluding hydrogens is 272 g/mol. The van der Waals surface area contributed by atoms with E-state index in [1.807, 2.05) is 5.01 Å². The third kappa shape index (κ3) is 1.98. The zero-order valence-electron chi connectivity index (χ0n) is 13.5. The maximum Gasteiger partial charge on any atom is 0.253 e. The van der Waals surface area contributed by atoms with Gasteiger partial charge in [-0.25, -0.2) is 5.01 Å². The van der Waals surface area contributed by atoms with Crippen molar-refractivity contribution >= 4 is 17.7 Å². The molecule has 0 unspecified atom stereocenters. The molecule has 3 heteroatoms. The van der Waals surface area contributed by atoms with E-state index in [-0.39, 0.29) is 11.3 Å². The third-order valence-electron chi connectivity index (χ3n) is 5.34. The molecule has 1 aromatic rings. The molecule has 0 aromatic heterocycles. The van der Waals surface area contributed by atoms with Gasteiger partial charge in [0.2, 0.25) is 0 Å². The first kappa shape index (κ1) is 13.9. The van der Waals surface area contributed by atoms with E-state index in [4.69, 9.17) is 0 Å². The minimum absolute atomic E-state index is 0.249. The van der Waals surface area contributed by atoms with Crippen molar-refractivity contribution in [3.8, 4) is 0 Å². The van der Waals surface area contributed by atoms with Crippen LogP contribution in [0.2, 0.25) is 0 Å². The molecule has 0 N–H and O–H groups in total. The zero-order valence-corrected chi connectivity index (χ0v) is 13.5. The van der Waals surface area contributed by atoms with E-state index in [1.165, 1.54) is 49.1 Å². The largest absolute Gasteiger partial charge is 0.277 e. The first-order chi connectivity index (χ1) is 10.6. The van der Waals surface area contributed by atoms with Gasteiger partial charge in [-0.2, -0.15) is 0 Å². The van der Waals surface area contributed by atoms with Crippen LogP contribution in [-0.4, -0.2) is 17.5 Å². The van der Waals surface area contributed by atoms with Crippen molar-refractivity contribution in [2.75, 3.05) is 11.6 Å². The summed E-state index contributed by atoms with van der Waals surface area (Å²) in [6.07, 6.45) is 8.60. The van der Waals surface area contributed by atoms with Crippen LogP contribution in [0.3, 0.4) is 0 Å². The molecule has 2 heterocycles. The second-order valence-corrected chi connectivity index (χ2v) is 7.52. The molecule has 22 heavy (non-hydrogen) atoms. The third-order valence-corrected chi connectivity index (χ3v) is 5.34. The number of hydrogen-bond acceptors (Lipinski definition) is 2. The van der Waals surface area contributed by atoms with E-state index < -0.39 is 0 Å². The monoisotopic (exact) mass is 296 g/mol. The van der Waals surface area contributed by atoms with Gasteiger partial charge in [0.1, 0.15) is 0 Å². The molecule has 1 amide bonds. The van der Waals surface area contributed by atoms with Crippen molar-refractivity contribution in [3.05, 3.63) is 35.5 Å². The number of para-hydroxylation sites is 1. The molecule has 1 saturated carbocycles. The summed E-state index contributed by atoms with van der Waals surface area (Å²) in [5.41, 5.74) is 3.34. The number of rotatable bonds is 1. The Balaban J connectivity index is 1.82. The van der Waals surface area contributed by atoms with Crippen LogP contribution < -0.4 is 5.01 Å². The maximum atomic E-state index is 13.0. The number of hydrazine groups is 1. The fourth-order valence-corrected chi connectivity index (χ4v) is 4.11. The van der Waals surface area contributed by atoms with E-state index in [2.05, 4.69) is 49.2 Å². The molecule has 3 nitrogen and oxygen atoms in total. The van der Waals surface area contributed by atoms with Crippen molar-refractivity contribution in [2.45, 2.75) is 46.0 Å². The summed E-state index contributed by atoms with van der Waals surface area (Å²) in [5.74, 6) is 0.779. The van der Waals surface area contributed by atoms with E-state index in [9.17, 15) is 4.79 Å². The molecular formula is C19H24N2O. The Morgan fingerprint density at radius 3 is 2.59 bits per heavy atom. The van der Waals surface area contributed by atoms with E-state index in [1.54, 1.807) is 0 Å². The Labute approximate surface area is 132 Å². The summed E-state index contributed by atoms with van der Waals surface area (Å²) in [4.78, 5) is 13.0. The highest BCUT2D eigenvalue weighted by molar-refractivity contribution is 5.92. The second kappa shape index (κ2) is 4.87. The van der Waals surface area contributed by atoms with Gasteiger partial charge < -0.3 is 0 Å². The lowest BCUT2D eigenvalue weighted by atomic mass is 9.85. The molecule has 1 saturated heterocycles. The Morgan fingerprint density at radius 1 is 1.09 bits per heavy atom. The van der Waals surface area contributed by atoms with Crippen molar-refractivity contribution in [2.24, 2.45) is 11.3 Å². The predicted molar refractivity (Wildman–Crippen MR) is 89.0 cm³/mol. The summed E-state index contributed by atoms with van der Waals surface area (Å²) in [6.45, 7) is 4.90. The number of hydrogen-bond donors (Lipinski definition) is 0. The quantitative estimate of drug-likeness (QED) is 0.775. The molecule has 116 valence electrons. The molecule has 0 spiro atoms. The first-order valence-corrected chi connectivity index (χ1v) is 8.50. The SMILES string of the molecule is CC1(C)CN2c3ccccc3C=C(C3CCCCC3)N2C1=O. The predicted octanol–water partition coefficient (Wildman–Crippen LogP) is 4.21. The standard InChI is InChI=1S/C19H24N2O/c1-19(2)13-20-16-11-7-6-10-15(16)12-17(21(20)18(19)22)14-8-4-3-5-9-14/h6-7,10-12,14H,3-5,8-9,13H2,1-2H3. The van der Waals surface area contributed by atoms with E-state index >= 15 is 0 Å². The van der Waals surface area contributed by atoms with Gasteiger partial charge in [-0.1, -0.05) is 37.5 Å². The number of fused-ring (bicyclic) bond motifs is 3. The fourth-order valence-electron chi connectivity index (χ4n) is 4.11. The Hall–Kier alpha value is -1.77. The minimum atomic E-state index is -0.314. The molecule has 0 radical (unpaired) electrons.